The number of amides is 2. The van der Waals surface area contributed by atoms with Crippen molar-refractivity contribution in [3.05, 3.63) is 54.4 Å². The normalized spacial score (nSPS) is 20.5. The molecule has 1 saturated carbocycles. The van der Waals surface area contributed by atoms with E-state index in [1.165, 1.54) is 19.3 Å². The number of hydrogen-bond donors (Lipinski definition) is 1. The van der Waals surface area contributed by atoms with Crippen molar-refractivity contribution in [3.8, 4) is 11.1 Å². The smallest absolute Gasteiger partial charge is 0.234 e. The molecule has 1 unspecified atom stereocenters. The average molecular weight is 449 g/mol. The first-order chi connectivity index (χ1) is 16.1. The fourth-order valence-electron chi connectivity index (χ4n) is 5.21. The molecule has 2 aliphatic rings. The van der Waals surface area contributed by atoms with Crippen LogP contribution in [-0.2, 0) is 16.0 Å². The largest absolute Gasteiger partial charge is 0.352 e. The second-order valence-electron chi connectivity index (χ2n) is 9.36. The topological polar surface area (TPSA) is 65.5 Å². The Bertz CT molecular complexity index is 927. The van der Waals surface area contributed by atoms with Crippen LogP contribution in [0, 0.1) is 5.92 Å². The summed E-state index contributed by atoms with van der Waals surface area (Å²) >= 11 is 0. The van der Waals surface area contributed by atoms with Crippen LogP contribution in [0.4, 0.5) is 0 Å². The molecule has 2 fully saturated rings. The quantitative estimate of drug-likeness (QED) is 0.704. The molecule has 33 heavy (non-hydrogen) atoms. The van der Waals surface area contributed by atoms with E-state index in [4.69, 9.17) is 0 Å². The Kier molecular flexibility index (Phi) is 8.10. The number of nitrogens with zero attached hydrogens (tertiary/aromatic N) is 3. The Morgan fingerprint density at radius 2 is 1.91 bits per heavy atom. The number of rotatable bonds is 7. The molecule has 4 rings (SSSR count). The molecule has 1 saturated heterocycles. The maximum Gasteiger partial charge on any atom is 0.234 e. The fraction of sp³-hybridized carbons (Fsp3) is 0.519. The maximum atomic E-state index is 13.4. The predicted octanol–water partition coefficient (Wildman–Crippen LogP) is 3.52. The standard InChI is InChI=1S/C27H36N4O2/c1-2-31-16-15-30(20-26(32)29-24-11-4-3-5-12-24)19-23(27(31)33)17-21-9-6-7-13-25(21)22-10-8-14-28-18-22/h6-10,13-14,18,23-24H,2-5,11-12,15-17,19-20H2,1H3,(H,29,32). The molecular weight excluding hydrogens is 412 g/mol. The molecule has 0 bridgehead atoms. The van der Waals surface area contributed by atoms with Crippen LogP contribution in [0.15, 0.2) is 48.8 Å². The van der Waals surface area contributed by atoms with Gasteiger partial charge in [-0.3, -0.25) is 19.5 Å². The van der Waals surface area contributed by atoms with Gasteiger partial charge in [-0.1, -0.05) is 49.6 Å². The number of hydrogen-bond acceptors (Lipinski definition) is 4. The first kappa shape index (κ1) is 23.4. The summed E-state index contributed by atoms with van der Waals surface area (Å²) in [4.78, 5) is 34.5. The number of benzene rings is 1. The second kappa shape index (κ2) is 11.4. The van der Waals surface area contributed by atoms with Gasteiger partial charge in [-0.05, 0) is 43.4 Å². The highest BCUT2D eigenvalue weighted by Crippen LogP contribution is 2.27. The van der Waals surface area contributed by atoms with Gasteiger partial charge in [-0.25, -0.2) is 0 Å². The Balaban J connectivity index is 1.48. The van der Waals surface area contributed by atoms with Crippen LogP contribution in [-0.4, -0.2) is 65.4 Å². The van der Waals surface area contributed by atoms with E-state index in [1.807, 2.05) is 36.2 Å². The lowest BCUT2D eigenvalue weighted by atomic mass is 9.91. The molecule has 1 aliphatic carbocycles. The summed E-state index contributed by atoms with van der Waals surface area (Å²) in [5.41, 5.74) is 3.32. The summed E-state index contributed by atoms with van der Waals surface area (Å²) in [6, 6.07) is 12.6. The van der Waals surface area contributed by atoms with Gasteiger partial charge < -0.3 is 10.2 Å². The van der Waals surface area contributed by atoms with E-state index in [0.29, 0.717) is 38.6 Å². The van der Waals surface area contributed by atoms with E-state index < -0.39 is 0 Å². The van der Waals surface area contributed by atoms with Crippen molar-refractivity contribution >= 4 is 11.8 Å². The summed E-state index contributed by atoms with van der Waals surface area (Å²) in [5, 5.41) is 3.23. The van der Waals surface area contributed by atoms with Gasteiger partial charge >= 0.3 is 0 Å². The molecule has 6 nitrogen and oxygen atoms in total. The van der Waals surface area contributed by atoms with Gasteiger partial charge in [0.05, 0.1) is 12.5 Å². The van der Waals surface area contributed by atoms with Crippen molar-refractivity contribution in [3.63, 3.8) is 0 Å². The molecule has 1 aliphatic heterocycles. The number of carbonyl (C=O) groups is 2. The van der Waals surface area contributed by atoms with Crippen molar-refractivity contribution in [1.29, 1.82) is 0 Å². The summed E-state index contributed by atoms with van der Waals surface area (Å²) in [6.07, 6.45) is 10.1. The van der Waals surface area contributed by atoms with Crippen LogP contribution in [0.3, 0.4) is 0 Å². The van der Waals surface area contributed by atoms with Crippen LogP contribution in [0.5, 0.6) is 0 Å². The number of pyridine rings is 1. The molecule has 176 valence electrons. The summed E-state index contributed by atoms with van der Waals surface area (Å²) in [7, 11) is 0. The molecule has 0 spiro atoms. The molecule has 6 heteroatoms. The Morgan fingerprint density at radius 1 is 1.09 bits per heavy atom. The van der Waals surface area contributed by atoms with Crippen LogP contribution < -0.4 is 5.32 Å². The number of aromatic nitrogens is 1. The molecule has 0 radical (unpaired) electrons. The van der Waals surface area contributed by atoms with Gasteiger partial charge in [0.25, 0.3) is 0 Å². The second-order valence-corrected chi connectivity index (χ2v) is 9.36. The molecule has 1 aromatic heterocycles. The average Bonchev–Trinajstić information content (AvgIpc) is 2.99. The zero-order valence-electron chi connectivity index (χ0n) is 19.7. The molecule has 1 atom stereocenters. The minimum absolute atomic E-state index is 0.0915. The molecule has 1 N–H and O–H groups in total. The van der Waals surface area contributed by atoms with Crippen LogP contribution >= 0.6 is 0 Å². The highest BCUT2D eigenvalue weighted by atomic mass is 16.2. The van der Waals surface area contributed by atoms with Crippen LogP contribution in [0.1, 0.15) is 44.6 Å². The monoisotopic (exact) mass is 448 g/mol. The van der Waals surface area contributed by atoms with Crippen molar-refractivity contribution in [2.45, 2.75) is 51.5 Å². The van der Waals surface area contributed by atoms with E-state index in [2.05, 4.69) is 33.4 Å². The highest BCUT2D eigenvalue weighted by Gasteiger charge is 2.31. The van der Waals surface area contributed by atoms with E-state index in [1.54, 1.807) is 6.20 Å². The minimum atomic E-state index is -0.173. The molecule has 2 heterocycles. The molecular formula is C27H36N4O2. The van der Waals surface area contributed by atoms with Crippen molar-refractivity contribution in [1.82, 2.24) is 20.1 Å². The third kappa shape index (κ3) is 6.20. The third-order valence-corrected chi connectivity index (χ3v) is 7.00. The van der Waals surface area contributed by atoms with E-state index in [-0.39, 0.29) is 17.7 Å². The van der Waals surface area contributed by atoms with Crippen molar-refractivity contribution in [2.24, 2.45) is 5.92 Å². The lowest BCUT2D eigenvalue weighted by molar-refractivity contribution is -0.134. The molecule has 2 aromatic rings. The fourth-order valence-corrected chi connectivity index (χ4v) is 5.21. The van der Waals surface area contributed by atoms with E-state index in [0.717, 1.165) is 36.1 Å². The zero-order valence-corrected chi connectivity index (χ0v) is 19.7. The van der Waals surface area contributed by atoms with Gasteiger partial charge in [-0.15, -0.1) is 0 Å². The SMILES string of the molecule is CCN1CCN(CC(=O)NC2CCCCC2)CC(Cc2ccccc2-c2cccnc2)C1=O. The number of likely N-dealkylation sites (N-methyl/N-ethyl adjacent to an activating group) is 1. The zero-order chi connectivity index (χ0) is 23.0. The van der Waals surface area contributed by atoms with E-state index in [9.17, 15) is 9.59 Å². The maximum absolute atomic E-state index is 13.4. The number of nitrogens with one attached hydrogen (secondary N) is 1. The first-order valence-corrected chi connectivity index (χ1v) is 12.4. The van der Waals surface area contributed by atoms with Gasteiger partial charge in [-0.2, -0.15) is 0 Å². The van der Waals surface area contributed by atoms with Crippen LogP contribution in [0.2, 0.25) is 0 Å². The lowest BCUT2D eigenvalue weighted by Crippen LogP contribution is -2.44. The van der Waals surface area contributed by atoms with Crippen molar-refractivity contribution in [2.75, 3.05) is 32.7 Å². The lowest BCUT2D eigenvalue weighted by Gasteiger charge is -2.26. The van der Waals surface area contributed by atoms with Gasteiger partial charge in [0.2, 0.25) is 11.8 Å². The molecule has 1 aromatic carbocycles. The Hall–Kier alpha value is -2.73. The Labute approximate surface area is 197 Å². The Morgan fingerprint density at radius 3 is 2.67 bits per heavy atom. The van der Waals surface area contributed by atoms with Crippen molar-refractivity contribution < 1.29 is 9.59 Å². The van der Waals surface area contributed by atoms with Gasteiger partial charge in [0.1, 0.15) is 0 Å². The number of carbonyl (C=O) groups excluding carboxylic acids is 2. The summed E-state index contributed by atoms with van der Waals surface area (Å²) in [6.45, 7) is 5.10. The first-order valence-electron chi connectivity index (χ1n) is 12.4. The highest BCUT2D eigenvalue weighted by molar-refractivity contribution is 5.81. The predicted molar refractivity (Wildman–Crippen MR) is 131 cm³/mol. The van der Waals surface area contributed by atoms with Crippen LogP contribution in [0.25, 0.3) is 11.1 Å². The van der Waals surface area contributed by atoms with Gasteiger partial charge in [0.15, 0.2) is 0 Å². The molecule has 2 amide bonds. The summed E-state index contributed by atoms with van der Waals surface area (Å²) in [5.74, 6) is 0.107. The summed E-state index contributed by atoms with van der Waals surface area (Å²) < 4.78 is 0. The third-order valence-electron chi connectivity index (χ3n) is 7.00. The minimum Gasteiger partial charge on any atom is -0.352 e. The van der Waals surface area contributed by atoms with Gasteiger partial charge in [0, 0.05) is 50.2 Å². The van der Waals surface area contributed by atoms with E-state index >= 15 is 0 Å².